The maximum Gasteiger partial charge on any atom is 0.0993 e. The van der Waals surface area contributed by atoms with E-state index in [4.69, 9.17) is 0 Å². The van der Waals surface area contributed by atoms with Crippen LogP contribution in [0.5, 0.6) is 0 Å². The first-order valence-electron chi connectivity index (χ1n) is 15.0. The predicted octanol–water partition coefficient (Wildman–Crippen LogP) is 9.63. The van der Waals surface area contributed by atoms with Crippen LogP contribution in [-0.2, 0) is 28.1 Å². The molecule has 0 amide bonds. The molecular formula is C39H46Cl3SiTi-. The van der Waals surface area contributed by atoms with E-state index in [1.807, 2.05) is 0 Å². The monoisotopic (exact) mass is 695 g/mol. The normalized spacial score (nSPS) is 12.5. The van der Waals surface area contributed by atoms with E-state index < -0.39 is 8.07 Å². The van der Waals surface area contributed by atoms with Crippen molar-refractivity contribution in [1.82, 2.24) is 0 Å². The Bertz CT molecular complexity index is 1410. The molecule has 44 heavy (non-hydrogen) atoms. The third-order valence-electron chi connectivity index (χ3n) is 8.53. The molecule has 0 saturated heterocycles. The second kappa shape index (κ2) is 17.7. The fraction of sp³-hybridized carbons (Fsp3) is 0.282. The number of rotatable bonds is 9. The van der Waals surface area contributed by atoms with Crippen molar-refractivity contribution in [3.05, 3.63) is 148 Å². The Balaban J connectivity index is 0.00000242. The average molecular weight is 697 g/mol. The summed E-state index contributed by atoms with van der Waals surface area (Å²) in [7, 11) is -2.68. The Labute approximate surface area is 301 Å². The van der Waals surface area contributed by atoms with Crippen LogP contribution in [0.4, 0.5) is 0 Å². The third kappa shape index (κ3) is 8.30. The minimum absolute atomic E-state index is 0. The van der Waals surface area contributed by atoms with Gasteiger partial charge in [-0.1, -0.05) is 160 Å². The van der Waals surface area contributed by atoms with Crippen LogP contribution < -0.4 is 15.6 Å². The van der Waals surface area contributed by atoms with Gasteiger partial charge in [0.1, 0.15) is 0 Å². The quantitative estimate of drug-likeness (QED) is 0.0929. The third-order valence-corrected chi connectivity index (χ3v) is 13.4. The minimum Gasteiger partial charge on any atom is -0.269 e. The minimum atomic E-state index is -2.68. The van der Waals surface area contributed by atoms with Gasteiger partial charge in [0, 0.05) is 21.7 Å². The number of halogens is 3. The second-order valence-electron chi connectivity index (χ2n) is 12.2. The molecule has 0 fully saturated rings. The average Bonchev–Trinajstić information content (AvgIpc) is 3.42. The molecule has 1 aliphatic rings. The van der Waals surface area contributed by atoms with Crippen LogP contribution in [0.2, 0.25) is 0 Å². The van der Waals surface area contributed by atoms with E-state index in [9.17, 15) is 0 Å². The van der Waals surface area contributed by atoms with Crippen molar-refractivity contribution in [2.75, 3.05) is 0 Å². The zero-order valence-corrected chi connectivity index (χ0v) is 31.8. The molecule has 0 saturated carbocycles. The molecule has 0 aromatic heterocycles. The van der Waals surface area contributed by atoms with Gasteiger partial charge in [-0.15, -0.1) is 43.6 Å². The molecule has 232 valence electrons. The summed E-state index contributed by atoms with van der Waals surface area (Å²) < 4.78 is 0. The Kier molecular flexibility index (Phi) is 16.2. The zero-order chi connectivity index (χ0) is 28.3. The number of hydrogen-bond acceptors (Lipinski definition) is 0. The van der Waals surface area contributed by atoms with Gasteiger partial charge in [-0.25, -0.2) is 5.57 Å². The van der Waals surface area contributed by atoms with Crippen molar-refractivity contribution in [3.63, 3.8) is 0 Å². The predicted molar refractivity (Wildman–Crippen MR) is 198 cm³/mol. The van der Waals surface area contributed by atoms with Gasteiger partial charge < -0.3 is 0 Å². The first-order chi connectivity index (χ1) is 19.3. The Hall–Kier alpha value is -1.84. The van der Waals surface area contributed by atoms with E-state index in [2.05, 4.69) is 157 Å². The van der Waals surface area contributed by atoms with Crippen molar-refractivity contribution in [1.29, 1.82) is 0 Å². The Morgan fingerprint density at radius 3 is 1.36 bits per heavy atom. The van der Waals surface area contributed by atoms with Gasteiger partial charge in [0.25, 0.3) is 0 Å². The van der Waals surface area contributed by atoms with Crippen LogP contribution in [0.15, 0.2) is 120 Å². The van der Waals surface area contributed by atoms with Gasteiger partial charge in [0.2, 0.25) is 0 Å². The van der Waals surface area contributed by atoms with Gasteiger partial charge in [-0.2, -0.15) is 11.3 Å². The standard InChI is InChI=1S/C39H43Si.3ClH.Ti/c1-28(2)32-16-10-20-36(25-32)40(37-21-11-17-33(26-37)29(3)4,38-22-12-18-34(27-38)30(5)6)39-23-13-19-35(39)24-31-14-8-7-9-15-31;;;;/h7-12,14-18,20-23,25-30H,13,24H2,1-6H3;3*1H;/q-1;;;;. The first-order valence-corrected chi connectivity index (χ1v) is 17.0. The van der Waals surface area contributed by atoms with Gasteiger partial charge in [-0.05, 0) is 46.4 Å². The van der Waals surface area contributed by atoms with E-state index in [1.54, 1.807) is 0 Å². The summed E-state index contributed by atoms with van der Waals surface area (Å²) in [4.78, 5) is 0. The Morgan fingerprint density at radius 1 is 0.568 bits per heavy atom. The zero-order valence-electron chi connectivity index (χ0n) is 26.8. The van der Waals surface area contributed by atoms with Crippen LogP contribution in [-0.4, -0.2) is 8.07 Å². The van der Waals surface area contributed by atoms with Crippen LogP contribution >= 0.6 is 37.2 Å². The molecule has 0 spiro atoms. The molecule has 0 aliphatic heterocycles. The molecule has 0 bridgehead atoms. The summed E-state index contributed by atoms with van der Waals surface area (Å²) in [6.45, 7) is 13.9. The van der Waals surface area contributed by atoms with E-state index in [0.717, 1.165) is 12.8 Å². The molecule has 0 nitrogen and oxygen atoms in total. The van der Waals surface area contributed by atoms with Crippen molar-refractivity contribution in [2.24, 2.45) is 0 Å². The first kappa shape index (κ1) is 40.2. The molecule has 4 aromatic rings. The summed E-state index contributed by atoms with van der Waals surface area (Å²) in [5, 5.41) is 5.93. The number of allylic oxidation sites excluding steroid dienone is 4. The molecule has 0 atom stereocenters. The second-order valence-corrected chi connectivity index (χ2v) is 16.0. The van der Waals surface area contributed by atoms with Crippen LogP contribution in [0, 0.1) is 6.08 Å². The smallest absolute Gasteiger partial charge is 0.0993 e. The molecule has 0 N–H and O–H groups in total. The fourth-order valence-corrected chi connectivity index (χ4v) is 11.4. The van der Waals surface area contributed by atoms with Crippen molar-refractivity contribution in [2.45, 2.75) is 72.1 Å². The maximum atomic E-state index is 3.84. The summed E-state index contributed by atoms with van der Waals surface area (Å²) >= 11 is 0. The Morgan fingerprint density at radius 2 is 0.977 bits per heavy atom. The van der Waals surface area contributed by atoms with E-state index in [0.29, 0.717) is 17.8 Å². The summed E-state index contributed by atoms with van der Waals surface area (Å²) in [6.07, 6.45) is 8.15. The topological polar surface area (TPSA) is 0 Å². The van der Waals surface area contributed by atoms with E-state index >= 15 is 0 Å². The van der Waals surface area contributed by atoms with Gasteiger partial charge in [-0.3, -0.25) is 6.08 Å². The van der Waals surface area contributed by atoms with Crippen LogP contribution in [0.25, 0.3) is 0 Å². The fourth-order valence-electron chi connectivity index (χ4n) is 6.19. The number of benzene rings is 4. The summed E-state index contributed by atoms with van der Waals surface area (Å²) in [5.41, 5.74) is 6.95. The van der Waals surface area contributed by atoms with E-state index in [1.165, 1.54) is 48.6 Å². The van der Waals surface area contributed by atoms with Gasteiger partial charge in [0.05, 0.1) is 8.07 Å². The summed E-state index contributed by atoms with van der Waals surface area (Å²) in [5.74, 6) is 1.41. The molecule has 1 aliphatic carbocycles. The molecule has 5 rings (SSSR count). The van der Waals surface area contributed by atoms with Crippen LogP contribution in [0.3, 0.4) is 0 Å². The van der Waals surface area contributed by atoms with Gasteiger partial charge in [0.15, 0.2) is 0 Å². The molecule has 0 radical (unpaired) electrons. The summed E-state index contributed by atoms with van der Waals surface area (Å²) in [6, 6.07) is 39.6. The van der Waals surface area contributed by atoms with Crippen LogP contribution in [0.1, 0.15) is 88.0 Å². The van der Waals surface area contributed by atoms with E-state index in [-0.39, 0.29) is 58.9 Å². The number of hydrogen-bond donors (Lipinski definition) is 0. The largest absolute Gasteiger partial charge is 0.269 e. The molecule has 0 heterocycles. The van der Waals surface area contributed by atoms with Crippen molar-refractivity contribution >= 4 is 60.9 Å². The SMILES string of the molecule is CC(C)c1cccc([Si](C2=CC[C-]=C2Cc2ccccc2)(c2cccc(C(C)C)c2)c2cccc(C(C)C)c2)c1.Cl.Cl.Cl.[Ti]. The van der Waals surface area contributed by atoms with Crippen molar-refractivity contribution < 1.29 is 21.7 Å². The molecule has 5 heteroatoms. The molecule has 4 aromatic carbocycles. The van der Waals surface area contributed by atoms with Crippen molar-refractivity contribution in [3.8, 4) is 0 Å². The maximum absolute atomic E-state index is 3.84. The molecule has 0 unspecified atom stereocenters. The molecular weight excluding hydrogens is 651 g/mol. The van der Waals surface area contributed by atoms with Gasteiger partial charge >= 0.3 is 0 Å².